The van der Waals surface area contributed by atoms with Gasteiger partial charge in [0.25, 0.3) is 5.91 Å². The first-order valence-corrected chi connectivity index (χ1v) is 9.59. The Hall–Kier alpha value is -2.14. The van der Waals surface area contributed by atoms with E-state index in [0.29, 0.717) is 11.1 Å². The van der Waals surface area contributed by atoms with Crippen LogP contribution in [0, 0.1) is 0 Å². The van der Waals surface area contributed by atoms with Crippen LogP contribution < -0.4 is 4.90 Å². The molecule has 4 nitrogen and oxygen atoms in total. The van der Waals surface area contributed by atoms with E-state index >= 15 is 0 Å². The van der Waals surface area contributed by atoms with Gasteiger partial charge in [0.1, 0.15) is 0 Å². The molecule has 2 aromatic rings. The van der Waals surface area contributed by atoms with Crippen LogP contribution in [0.25, 0.3) is 0 Å². The number of fused-ring (bicyclic) bond motifs is 1. The molecule has 0 bridgehead atoms. The molecule has 0 aliphatic carbocycles. The molecule has 120 valence electrons. The number of carbonyl (C=O) groups is 1. The molecule has 5 heteroatoms. The summed E-state index contributed by atoms with van der Waals surface area (Å²) in [5.74, 6) is -0.141. The molecule has 1 aliphatic rings. The van der Waals surface area contributed by atoms with Crippen molar-refractivity contribution in [1.82, 2.24) is 0 Å². The molecule has 1 aliphatic heterocycles. The average molecular weight is 329 g/mol. The molecule has 0 saturated carbocycles. The van der Waals surface area contributed by atoms with Crippen LogP contribution in [0.15, 0.2) is 48.5 Å². The van der Waals surface area contributed by atoms with Crippen LogP contribution >= 0.6 is 0 Å². The minimum Gasteiger partial charge on any atom is -0.305 e. The fraction of sp³-hybridized carbons (Fsp3) is 0.278. The number of rotatable bonds is 3. The van der Waals surface area contributed by atoms with Gasteiger partial charge in [-0.3, -0.25) is 4.79 Å². The third kappa shape index (κ3) is 3.29. The minimum absolute atomic E-state index is 0.0553. The van der Waals surface area contributed by atoms with Gasteiger partial charge in [0.15, 0.2) is 9.84 Å². The summed E-state index contributed by atoms with van der Waals surface area (Å²) < 4.78 is 22.9. The lowest BCUT2D eigenvalue weighted by Crippen LogP contribution is -2.35. The number of hydrogen-bond donors (Lipinski definition) is 0. The number of benzene rings is 2. The normalized spacial score (nSPS) is 17.1. The number of carbonyl (C=O) groups excluding carboxylic acids is 1. The molecule has 2 aromatic carbocycles. The lowest BCUT2D eigenvalue weighted by molar-refractivity contribution is 0.0981. The van der Waals surface area contributed by atoms with E-state index in [4.69, 9.17) is 0 Å². The van der Waals surface area contributed by atoms with Crippen LogP contribution in [0.1, 0.15) is 28.4 Å². The average Bonchev–Trinajstić information content (AvgIpc) is 2.81. The summed E-state index contributed by atoms with van der Waals surface area (Å²) in [5, 5.41) is 0. The highest BCUT2D eigenvalue weighted by Gasteiger charge is 2.31. The molecular weight excluding hydrogens is 310 g/mol. The Bertz CT molecular complexity index is 858. The van der Waals surface area contributed by atoms with Gasteiger partial charge in [-0.2, -0.15) is 0 Å². The fourth-order valence-electron chi connectivity index (χ4n) is 3.11. The third-order valence-electron chi connectivity index (χ3n) is 4.03. The molecule has 0 N–H and O–H groups in total. The van der Waals surface area contributed by atoms with E-state index in [2.05, 4.69) is 0 Å². The Morgan fingerprint density at radius 3 is 2.65 bits per heavy atom. The van der Waals surface area contributed by atoms with E-state index in [-0.39, 0.29) is 17.7 Å². The van der Waals surface area contributed by atoms with Crippen LogP contribution in [0.5, 0.6) is 0 Å². The van der Waals surface area contributed by atoms with Gasteiger partial charge in [-0.15, -0.1) is 0 Å². The first kappa shape index (κ1) is 15.7. The first-order chi connectivity index (χ1) is 10.8. The molecule has 0 spiro atoms. The lowest BCUT2D eigenvalue weighted by atomic mass is 10.1. The van der Waals surface area contributed by atoms with Gasteiger partial charge in [0.2, 0.25) is 0 Å². The van der Waals surface area contributed by atoms with Crippen molar-refractivity contribution in [3.63, 3.8) is 0 Å². The number of para-hydroxylation sites is 1. The van der Waals surface area contributed by atoms with Gasteiger partial charge in [0, 0.05) is 23.5 Å². The van der Waals surface area contributed by atoms with Crippen molar-refractivity contribution in [3.8, 4) is 0 Å². The Morgan fingerprint density at radius 2 is 1.91 bits per heavy atom. The first-order valence-electron chi connectivity index (χ1n) is 7.53. The highest BCUT2D eigenvalue weighted by Crippen LogP contribution is 2.33. The standard InChI is InChI=1S/C18H19NO3S/c1-13-10-15-7-3-4-9-17(15)19(13)18(20)16-8-5-6-14(11-16)12-23(2,21)22/h3-9,11,13H,10,12H2,1-2H3/t13-/m0/s1. The SMILES string of the molecule is C[C@H]1Cc2ccccc2N1C(=O)c1cccc(CS(C)(=O)=O)c1. The lowest BCUT2D eigenvalue weighted by Gasteiger charge is -2.23. The van der Waals surface area contributed by atoms with Crippen molar-refractivity contribution in [1.29, 1.82) is 0 Å². The highest BCUT2D eigenvalue weighted by atomic mass is 32.2. The van der Waals surface area contributed by atoms with Crippen molar-refractivity contribution in [3.05, 3.63) is 65.2 Å². The maximum Gasteiger partial charge on any atom is 0.258 e. The molecule has 0 fully saturated rings. The zero-order valence-electron chi connectivity index (χ0n) is 13.2. The summed E-state index contributed by atoms with van der Waals surface area (Å²) in [6.45, 7) is 2.03. The number of sulfone groups is 1. The maximum absolute atomic E-state index is 12.9. The van der Waals surface area contributed by atoms with E-state index < -0.39 is 9.84 Å². The second-order valence-electron chi connectivity index (χ2n) is 6.13. The minimum atomic E-state index is -3.12. The van der Waals surface area contributed by atoms with E-state index in [1.807, 2.05) is 31.2 Å². The number of anilines is 1. The molecule has 1 heterocycles. The highest BCUT2D eigenvalue weighted by molar-refractivity contribution is 7.89. The fourth-order valence-corrected chi connectivity index (χ4v) is 3.90. The van der Waals surface area contributed by atoms with Crippen LogP contribution in [0.4, 0.5) is 5.69 Å². The van der Waals surface area contributed by atoms with Crippen molar-refractivity contribution < 1.29 is 13.2 Å². The molecule has 0 unspecified atom stereocenters. The van der Waals surface area contributed by atoms with Gasteiger partial charge in [-0.1, -0.05) is 30.3 Å². The quantitative estimate of drug-likeness (QED) is 0.870. The van der Waals surface area contributed by atoms with Gasteiger partial charge in [-0.25, -0.2) is 8.42 Å². The van der Waals surface area contributed by atoms with Crippen molar-refractivity contribution in [2.75, 3.05) is 11.2 Å². The molecule has 0 radical (unpaired) electrons. The van der Waals surface area contributed by atoms with Gasteiger partial charge < -0.3 is 4.90 Å². The second kappa shape index (κ2) is 5.81. The maximum atomic E-state index is 12.9. The molecule has 23 heavy (non-hydrogen) atoms. The number of amides is 1. The topological polar surface area (TPSA) is 54.5 Å². The Kier molecular flexibility index (Phi) is 3.98. The van der Waals surface area contributed by atoms with Gasteiger partial charge in [0.05, 0.1) is 5.75 Å². The summed E-state index contributed by atoms with van der Waals surface area (Å²) in [6.07, 6.45) is 2.03. The zero-order valence-corrected chi connectivity index (χ0v) is 14.0. The van der Waals surface area contributed by atoms with Crippen LogP contribution in [0.3, 0.4) is 0 Å². The largest absolute Gasteiger partial charge is 0.305 e. The molecule has 1 atom stereocenters. The summed E-state index contributed by atoms with van der Waals surface area (Å²) >= 11 is 0. The smallest absolute Gasteiger partial charge is 0.258 e. The van der Waals surface area contributed by atoms with Gasteiger partial charge in [-0.05, 0) is 42.7 Å². The van der Waals surface area contributed by atoms with E-state index in [0.717, 1.165) is 12.1 Å². The van der Waals surface area contributed by atoms with E-state index in [1.54, 1.807) is 29.2 Å². The zero-order chi connectivity index (χ0) is 16.6. The summed E-state index contributed by atoms with van der Waals surface area (Å²) in [6, 6.07) is 14.9. The van der Waals surface area contributed by atoms with Crippen molar-refractivity contribution in [2.24, 2.45) is 0 Å². The van der Waals surface area contributed by atoms with Crippen molar-refractivity contribution >= 4 is 21.4 Å². The van der Waals surface area contributed by atoms with Crippen LogP contribution in [0.2, 0.25) is 0 Å². The predicted octanol–water partition coefficient (Wildman–Crippen LogP) is 2.82. The summed E-state index contributed by atoms with van der Waals surface area (Å²) in [5.41, 5.74) is 3.27. The third-order valence-corrected chi connectivity index (χ3v) is 4.89. The number of nitrogens with zero attached hydrogens (tertiary/aromatic N) is 1. The second-order valence-corrected chi connectivity index (χ2v) is 8.27. The van der Waals surface area contributed by atoms with E-state index in [1.165, 1.54) is 11.8 Å². The summed E-state index contributed by atoms with van der Waals surface area (Å²) in [4.78, 5) is 14.7. The molecular formula is C18H19NO3S. The molecule has 3 rings (SSSR count). The number of hydrogen-bond acceptors (Lipinski definition) is 3. The molecule has 1 amide bonds. The Balaban J connectivity index is 1.94. The Labute approximate surface area is 136 Å². The van der Waals surface area contributed by atoms with E-state index in [9.17, 15) is 13.2 Å². The monoisotopic (exact) mass is 329 g/mol. The van der Waals surface area contributed by atoms with Crippen molar-refractivity contribution in [2.45, 2.75) is 25.1 Å². The summed E-state index contributed by atoms with van der Waals surface area (Å²) in [7, 11) is -3.12. The Morgan fingerprint density at radius 1 is 1.17 bits per heavy atom. The van der Waals surface area contributed by atoms with Crippen LogP contribution in [-0.2, 0) is 22.0 Å². The predicted molar refractivity (Wildman–Crippen MR) is 91.4 cm³/mol. The van der Waals surface area contributed by atoms with Gasteiger partial charge >= 0.3 is 0 Å². The molecule has 0 saturated heterocycles. The molecule has 0 aromatic heterocycles. The van der Waals surface area contributed by atoms with Crippen LogP contribution in [-0.4, -0.2) is 26.6 Å².